The summed E-state index contributed by atoms with van der Waals surface area (Å²) < 4.78 is 56.5. The quantitative estimate of drug-likeness (QED) is 0.772. The van der Waals surface area contributed by atoms with E-state index < -0.39 is 21.7 Å². The van der Waals surface area contributed by atoms with Gasteiger partial charge < -0.3 is 0 Å². The van der Waals surface area contributed by atoms with E-state index in [0.717, 1.165) is 18.2 Å². The molecule has 0 atom stereocenters. The monoisotopic (exact) mass is 367 g/mol. The smallest absolute Gasteiger partial charge is 0.295 e. The fraction of sp³-hybridized carbons (Fsp3) is 0.188. The Morgan fingerprint density at radius 1 is 0.960 bits per heavy atom. The highest BCUT2D eigenvalue weighted by atomic mass is 32.2. The lowest BCUT2D eigenvalue weighted by Gasteiger charge is -2.11. The Morgan fingerprint density at radius 3 is 2.16 bits per heavy atom. The highest BCUT2D eigenvalue weighted by Gasteiger charge is 2.21. The van der Waals surface area contributed by atoms with Crippen molar-refractivity contribution in [3.63, 3.8) is 0 Å². The second-order valence-corrected chi connectivity index (χ2v) is 7.39. The molecule has 0 saturated carbocycles. The third kappa shape index (κ3) is 2.80. The average Bonchev–Trinajstić information content (AvgIpc) is 2.74. The lowest BCUT2D eigenvalue weighted by atomic mass is 10.2. The molecule has 0 saturated heterocycles. The number of sulfonamides is 1. The van der Waals surface area contributed by atoms with Crippen LogP contribution >= 0.6 is 0 Å². The van der Waals surface area contributed by atoms with Crippen LogP contribution in [-0.4, -0.2) is 17.6 Å². The molecular weight excluding hydrogens is 352 g/mol. The summed E-state index contributed by atoms with van der Waals surface area (Å²) in [5.41, 5.74) is 1.09. The molecule has 0 radical (unpaired) electrons. The number of halogens is 2. The first-order valence-corrected chi connectivity index (χ1v) is 8.74. The van der Waals surface area contributed by atoms with E-state index in [9.17, 15) is 22.0 Å². The van der Waals surface area contributed by atoms with Crippen LogP contribution < -0.4 is 10.4 Å². The lowest BCUT2D eigenvalue weighted by molar-refractivity contribution is 0.509. The van der Waals surface area contributed by atoms with Gasteiger partial charge in [0.25, 0.3) is 10.0 Å². The van der Waals surface area contributed by atoms with Crippen LogP contribution in [0.2, 0.25) is 0 Å². The van der Waals surface area contributed by atoms with Crippen LogP contribution in [-0.2, 0) is 24.1 Å². The third-order valence-electron chi connectivity index (χ3n) is 4.03. The molecule has 0 spiro atoms. The second-order valence-electron chi connectivity index (χ2n) is 5.74. The van der Waals surface area contributed by atoms with Crippen LogP contribution in [0.3, 0.4) is 0 Å². The zero-order chi connectivity index (χ0) is 18.5. The van der Waals surface area contributed by atoms with E-state index in [0.29, 0.717) is 16.6 Å². The molecule has 1 N–H and O–H groups in total. The van der Waals surface area contributed by atoms with Crippen molar-refractivity contribution in [3.05, 3.63) is 58.0 Å². The van der Waals surface area contributed by atoms with Gasteiger partial charge in [-0.2, -0.15) is 0 Å². The minimum absolute atomic E-state index is 0.0501. The Kier molecular flexibility index (Phi) is 3.91. The number of anilines is 1. The van der Waals surface area contributed by atoms with Crippen molar-refractivity contribution >= 4 is 26.7 Å². The van der Waals surface area contributed by atoms with E-state index in [4.69, 9.17) is 0 Å². The maximum absolute atomic E-state index is 13.3. The normalized spacial score (nSPS) is 11.9. The predicted octanol–water partition coefficient (Wildman–Crippen LogP) is 2.26. The van der Waals surface area contributed by atoms with E-state index in [2.05, 4.69) is 4.72 Å². The molecule has 0 bridgehead atoms. The summed E-state index contributed by atoms with van der Waals surface area (Å²) in [5, 5.41) is 0. The first-order valence-electron chi connectivity index (χ1n) is 7.26. The number of nitrogens with zero attached hydrogens (tertiary/aromatic N) is 2. The largest absolute Gasteiger partial charge is 0.328 e. The molecule has 0 amide bonds. The van der Waals surface area contributed by atoms with Crippen molar-refractivity contribution in [2.75, 3.05) is 4.72 Å². The summed E-state index contributed by atoms with van der Waals surface area (Å²) >= 11 is 0. The van der Waals surface area contributed by atoms with E-state index in [-0.39, 0.29) is 16.3 Å². The summed E-state index contributed by atoms with van der Waals surface area (Å²) in [6, 6.07) is 5.70. The van der Waals surface area contributed by atoms with E-state index >= 15 is 0 Å². The second kappa shape index (κ2) is 5.69. The number of aryl methyl sites for hydroxylation is 3. The number of imidazole rings is 1. The van der Waals surface area contributed by atoms with Crippen molar-refractivity contribution in [3.8, 4) is 0 Å². The van der Waals surface area contributed by atoms with Gasteiger partial charge in [0.15, 0.2) is 11.6 Å². The molecule has 1 heterocycles. The Balaban J connectivity index is 2.13. The van der Waals surface area contributed by atoms with Crippen molar-refractivity contribution in [1.82, 2.24) is 9.13 Å². The zero-order valence-electron chi connectivity index (χ0n) is 13.7. The summed E-state index contributed by atoms with van der Waals surface area (Å²) in [4.78, 5) is 12.0. The average molecular weight is 367 g/mol. The fourth-order valence-electron chi connectivity index (χ4n) is 2.69. The van der Waals surface area contributed by atoms with Crippen LogP contribution in [0.1, 0.15) is 5.56 Å². The van der Waals surface area contributed by atoms with Crippen molar-refractivity contribution in [2.45, 2.75) is 11.8 Å². The summed E-state index contributed by atoms with van der Waals surface area (Å²) in [6.07, 6.45) is 0. The number of rotatable bonds is 3. The molecule has 0 aliphatic carbocycles. The SMILES string of the molecule is Cc1cc2c(cc1S(=O)(=O)Nc1ccc(F)c(F)c1)n(C)c(=O)n2C. The Morgan fingerprint density at radius 2 is 1.56 bits per heavy atom. The Bertz CT molecular complexity index is 1160. The standard InChI is InChI=1S/C16H15F2N3O3S/c1-9-6-13-14(21(3)16(22)20(13)2)8-15(9)25(23,24)19-10-4-5-11(17)12(18)7-10/h4-8,19H,1-3H3. The van der Waals surface area contributed by atoms with Crippen LogP contribution in [0.25, 0.3) is 11.0 Å². The van der Waals surface area contributed by atoms with Gasteiger partial charge in [-0.3, -0.25) is 13.9 Å². The lowest BCUT2D eigenvalue weighted by Crippen LogP contribution is -2.19. The summed E-state index contributed by atoms with van der Waals surface area (Å²) in [7, 11) is -0.913. The van der Waals surface area contributed by atoms with Gasteiger partial charge in [-0.25, -0.2) is 22.0 Å². The van der Waals surface area contributed by atoms with Gasteiger partial charge in [-0.05, 0) is 36.8 Å². The van der Waals surface area contributed by atoms with Gasteiger partial charge in [0.05, 0.1) is 21.6 Å². The van der Waals surface area contributed by atoms with Gasteiger partial charge >= 0.3 is 5.69 Å². The molecule has 3 rings (SSSR count). The van der Waals surface area contributed by atoms with Gasteiger partial charge in [0, 0.05) is 20.2 Å². The van der Waals surface area contributed by atoms with E-state index in [1.807, 2.05) is 0 Å². The molecule has 132 valence electrons. The molecule has 0 aliphatic rings. The maximum atomic E-state index is 13.3. The van der Waals surface area contributed by atoms with Crippen LogP contribution in [0, 0.1) is 18.6 Å². The number of hydrogen-bond donors (Lipinski definition) is 1. The number of benzene rings is 2. The molecule has 0 aliphatic heterocycles. The Labute approximate surface area is 142 Å². The zero-order valence-corrected chi connectivity index (χ0v) is 14.5. The topological polar surface area (TPSA) is 73.1 Å². The highest BCUT2D eigenvalue weighted by molar-refractivity contribution is 7.92. The molecule has 0 fully saturated rings. The van der Waals surface area contributed by atoms with Gasteiger partial charge in [0.2, 0.25) is 0 Å². The molecular formula is C16H15F2N3O3S. The molecule has 1 aromatic heterocycles. The number of aromatic nitrogens is 2. The highest BCUT2D eigenvalue weighted by Crippen LogP contribution is 2.25. The molecule has 2 aromatic carbocycles. The van der Waals surface area contributed by atoms with Crippen LogP contribution in [0.15, 0.2) is 40.0 Å². The number of hydrogen-bond acceptors (Lipinski definition) is 3. The molecule has 25 heavy (non-hydrogen) atoms. The van der Waals surface area contributed by atoms with Crippen LogP contribution in [0.4, 0.5) is 14.5 Å². The maximum Gasteiger partial charge on any atom is 0.328 e. The van der Waals surface area contributed by atoms with Crippen molar-refractivity contribution < 1.29 is 17.2 Å². The molecule has 3 aromatic rings. The summed E-state index contributed by atoms with van der Waals surface area (Å²) in [6.45, 7) is 1.59. The first-order chi connectivity index (χ1) is 11.6. The molecule has 0 unspecified atom stereocenters. The Hall–Kier alpha value is -2.68. The molecule has 9 heteroatoms. The van der Waals surface area contributed by atoms with Crippen molar-refractivity contribution in [1.29, 1.82) is 0 Å². The minimum atomic E-state index is -4.05. The fourth-order valence-corrected chi connectivity index (χ4v) is 3.99. The third-order valence-corrected chi connectivity index (χ3v) is 5.55. The first kappa shape index (κ1) is 17.2. The van der Waals surface area contributed by atoms with E-state index in [1.54, 1.807) is 27.1 Å². The number of fused-ring (bicyclic) bond motifs is 1. The van der Waals surface area contributed by atoms with Gasteiger partial charge in [-0.1, -0.05) is 0 Å². The number of nitrogens with one attached hydrogen (secondary N) is 1. The van der Waals surface area contributed by atoms with Gasteiger partial charge in [0.1, 0.15) is 0 Å². The van der Waals surface area contributed by atoms with E-state index in [1.165, 1.54) is 15.2 Å². The summed E-state index contributed by atoms with van der Waals surface area (Å²) in [5.74, 6) is -2.22. The van der Waals surface area contributed by atoms with Gasteiger partial charge in [-0.15, -0.1) is 0 Å². The minimum Gasteiger partial charge on any atom is -0.295 e. The predicted molar refractivity (Wildman–Crippen MR) is 90.1 cm³/mol. The van der Waals surface area contributed by atoms with Crippen LogP contribution in [0.5, 0.6) is 0 Å². The molecule has 6 nitrogen and oxygen atoms in total. The van der Waals surface area contributed by atoms with Crippen molar-refractivity contribution in [2.24, 2.45) is 14.1 Å².